The molecule has 0 saturated heterocycles. The normalized spacial score (nSPS) is 12.3. The Labute approximate surface area is 200 Å². The van der Waals surface area contributed by atoms with Crippen LogP contribution in [0.5, 0.6) is 0 Å². The first kappa shape index (κ1) is 23.8. The van der Waals surface area contributed by atoms with Crippen LogP contribution in [0, 0.1) is 11.2 Å². The van der Waals surface area contributed by atoms with Gasteiger partial charge in [0.15, 0.2) is 11.6 Å². The second-order valence-electron chi connectivity index (χ2n) is 7.60. The quantitative estimate of drug-likeness (QED) is 0.237. The third-order valence-electron chi connectivity index (χ3n) is 5.20. The number of halogens is 1. The third-order valence-corrected chi connectivity index (χ3v) is 7.23. The highest BCUT2D eigenvalue weighted by Gasteiger charge is 2.40. The fraction of sp³-hybridized carbons (Fsp3) is 0.130. The molecule has 2 aromatic heterocycles. The highest BCUT2D eigenvalue weighted by molar-refractivity contribution is 7.90. The van der Waals surface area contributed by atoms with Gasteiger partial charge in [-0.05, 0) is 30.5 Å². The van der Waals surface area contributed by atoms with Crippen LogP contribution < -0.4 is 10.7 Å². The number of carbonyl (C=O) groups excluding carboxylic acids is 1. The minimum absolute atomic E-state index is 0.0695. The molecular weight excluding hydrogens is 475 g/mol. The van der Waals surface area contributed by atoms with Crippen LogP contribution in [0.15, 0.2) is 77.7 Å². The summed E-state index contributed by atoms with van der Waals surface area (Å²) in [5.41, 5.74) is 5.95. The highest BCUT2D eigenvalue weighted by atomic mass is 32.2. The average Bonchev–Trinajstić information content (AvgIpc) is 3.38. The molecule has 180 valence electrons. The lowest BCUT2D eigenvalue weighted by molar-refractivity contribution is 0.0932. The summed E-state index contributed by atoms with van der Waals surface area (Å²) >= 11 is 0. The first-order chi connectivity index (χ1) is 16.7. The lowest BCUT2D eigenvalue weighted by Gasteiger charge is -2.35. The number of fused-ring (bicyclic) bond motifs is 1. The van der Waals surface area contributed by atoms with Gasteiger partial charge >= 0.3 is 5.91 Å². The molecule has 1 amide bonds. The van der Waals surface area contributed by atoms with Crippen molar-refractivity contribution in [3.05, 3.63) is 90.7 Å². The van der Waals surface area contributed by atoms with Crippen molar-refractivity contribution in [1.82, 2.24) is 14.4 Å². The molecule has 2 aromatic carbocycles. The van der Waals surface area contributed by atoms with Crippen LogP contribution in [-0.2, 0) is 16.4 Å². The van der Waals surface area contributed by atoms with Crippen molar-refractivity contribution < 1.29 is 22.0 Å². The Hall–Kier alpha value is -4.32. The van der Waals surface area contributed by atoms with E-state index in [0.717, 1.165) is 22.8 Å². The molecule has 0 aliphatic rings. The SMILES string of the molecule is C[C@@H](Cc1ncc(F)cn1)S(=O)(=O)N(C(=N)N)N(C(=O)c1ccco1)c1cccc2ccccc12. The zero-order valence-corrected chi connectivity index (χ0v) is 19.3. The summed E-state index contributed by atoms with van der Waals surface area (Å²) in [7, 11) is -4.49. The Kier molecular flexibility index (Phi) is 6.47. The number of nitrogens with zero attached hydrogens (tertiary/aromatic N) is 4. The van der Waals surface area contributed by atoms with Gasteiger partial charge in [0.05, 0.1) is 29.6 Å². The zero-order chi connectivity index (χ0) is 25.2. The van der Waals surface area contributed by atoms with Crippen LogP contribution in [0.1, 0.15) is 23.3 Å². The minimum atomic E-state index is -4.49. The molecule has 0 unspecified atom stereocenters. The van der Waals surface area contributed by atoms with Crippen LogP contribution >= 0.6 is 0 Å². The van der Waals surface area contributed by atoms with Crippen molar-refractivity contribution >= 4 is 38.3 Å². The van der Waals surface area contributed by atoms with Gasteiger partial charge in [0, 0.05) is 11.8 Å². The van der Waals surface area contributed by atoms with Gasteiger partial charge in [0.25, 0.3) is 10.0 Å². The van der Waals surface area contributed by atoms with Gasteiger partial charge in [0.1, 0.15) is 5.82 Å². The highest BCUT2D eigenvalue weighted by Crippen LogP contribution is 2.31. The van der Waals surface area contributed by atoms with E-state index in [1.165, 1.54) is 25.3 Å². The molecular formula is C23H21FN6O4S. The molecule has 0 aliphatic carbocycles. The number of furan rings is 1. The number of hydrogen-bond donors (Lipinski definition) is 2. The topological polar surface area (TPSA) is 146 Å². The molecule has 0 spiro atoms. The van der Waals surface area contributed by atoms with Crippen LogP contribution in [0.2, 0.25) is 0 Å². The van der Waals surface area contributed by atoms with Crippen molar-refractivity contribution in [2.45, 2.75) is 18.6 Å². The van der Waals surface area contributed by atoms with Crippen molar-refractivity contribution in [2.75, 3.05) is 5.01 Å². The van der Waals surface area contributed by atoms with Gasteiger partial charge in [-0.2, -0.15) is 5.01 Å². The molecule has 2 heterocycles. The number of benzene rings is 2. The maximum atomic E-state index is 13.7. The summed E-state index contributed by atoms with van der Waals surface area (Å²) in [6.07, 6.45) is 2.90. The number of sulfonamides is 1. The van der Waals surface area contributed by atoms with Gasteiger partial charge in [-0.3, -0.25) is 10.2 Å². The number of anilines is 1. The Morgan fingerprint density at radius 2 is 1.80 bits per heavy atom. The molecule has 1 atom stereocenters. The van der Waals surface area contributed by atoms with Crippen molar-refractivity contribution in [1.29, 1.82) is 5.41 Å². The van der Waals surface area contributed by atoms with Crippen LogP contribution in [0.3, 0.4) is 0 Å². The molecule has 0 bridgehead atoms. The molecule has 12 heteroatoms. The Morgan fingerprint density at radius 3 is 2.46 bits per heavy atom. The summed E-state index contributed by atoms with van der Waals surface area (Å²) < 4.78 is 46.3. The lowest BCUT2D eigenvalue weighted by Crippen LogP contribution is -2.57. The number of nitrogens with two attached hydrogens (primary N) is 1. The predicted octanol–water partition coefficient (Wildman–Crippen LogP) is 3.08. The minimum Gasteiger partial charge on any atom is -0.459 e. The average molecular weight is 497 g/mol. The van der Waals surface area contributed by atoms with Gasteiger partial charge in [-0.15, -0.1) is 4.41 Å². The molecule has 0 fully saturated rings. The number of guanidine groups is 1. The summed E-state index contributed by atoms with van der Waals surface area (Å²) in [6.45, 7) is 1.36. The number of nitrogens with one attached hydrogen (secondary N) is 1. The number of hydrazine groups is 1. The monoisotopic (exact) mass is 496 g/mol. The fourth-order valence-corrected chi connectivity index (χ4v) is 4.89. The molecule has 10 nitrogen and oxygen atoms in total. The summed E-state index contributed by atoms with van der Waals surface area (Å²) in [6, 6.07) is 14.9. The number of rotatable bonds is 6. The molecule has 3 N–H and O–H groups in total. The van der Waals surface area contributed by atoms with E-state index in [2.05, 4.69) is 9.97 Å². The van der Waals surface area contributed by atoms with E-state index < -0.39 is 33.0 Å². The summed E-state index contributed by atoms with van der Waals surface area (Å²) in [4.78, 5) is 21.2. The second kappa shape index (κ2) is 9.50. The molecule has 0 aliphatic heterocycles. The van der Waals surface area contributed by atoms with Crippen molar-refractivity contribution in [3.8, 4) is 0 Å². The standard InChI is InChI=1S/C23H21FN6O4S/c1-15(12-21-27-13-17(24)14-28-21)35(32,33)30(23(25)26)29(22(31)20-10-5-11-34-20)19-9-4-7-16-6-2-3-8-18(16)19/h2-11,13-15H,12H2,1H3,(H3,25,26)/t15-/m0/s1. The van der Waals surface area contributed by atoms with E-state index in [1.54, 1.807) is 42.5 Å². The lowest BCUT2D eigenvalue weighted by atomic mass is 10.1. The molecule has 4 aromatic rings. The molecule has 35 heavy (non-hydrogen) atoms. The van der Waals surface area contributed by atoms with Crippen molar-refractivity contribution in [3.63, 3.8) is 0 Å². The molecule has 4 rings (SSSR count). The predicted molar refractivity (Wildman–Crippen MR) is 127 cm³/mol. The Balaban J connectivity index is 1.85. The van der Waals surface area contributed by atoms with Gasteiger partial charge in [-0.25, -0.2) is 22.8 Å². The Bertz CT molecular complexity index is 1470. The van der Waals surface area contributed by atoms with Gasteiger partial charge in [0.2, 0.25) is 5.96 Å². The molecule has 0 saturated carbocycles. The van der Waals surface area contributed by atoms with E-state index in [1.807, 2.05) is 0 Å². The zero-order valence-electron chi connectivity index (χ0n) is 18.5. The maximum Gasteiger partial charge on any atom is 0.313 e. The van der Waals surface area contributed by atoms with E-state index in [9.17, 15) is 17.6 Å². The number of carbonyl (C=O) groups is 1. The first-order valence-electron chi connectivity index (χ1n) is 10.4. The smallest absolute Gasteiger partial charge is 0.313 e. The van der Waals surface area contributed by atoms with Gasteiger partial charge < -0.3 is 10.2 Å². The van der Waals surface area contributed by atoms with Crippen LogP contribution in [0.25, 0.3) is 10.8 Å². The van der Waals surface area contributed by atoms with E-state index in [4.69, 9.17) is 15.6 Å². The van der Waals surface area contributed by atoms with E-state index >= 15 is 0 Å². The number of aromatic nitrogens is 2. The Morgan fingerprint density at radius 1 is 1.11 bits per heavy atom. The maximum absolute atomic E-state index is 13.7. The third kappa shape index (κ3) is 4.68. The van der Waals surface area contributed by atoms with Crippen LogP contribution in [0.4, 0.5) is 10.1 Å². The largest absolute Gasteiger partial charge is 0.459 e. The first-order valence-corrected chi connectivity index (χ1v) is 11.9. The number of amides is 1. The van der Waals surface area contributed by atoms with Gasteiger partial charge in [-0.1, -0.05) is 36.4 Å². The molecule has 0 radical (unpaired) electrons. The fourth-order valence-electron chi connectivity index (χ4n) is 3.52. The van der Waals surface area contributed by atoms with Crippen molar-refractivity contribution in [2.24, 2.45) is 5.73 Å². The summed E-state index contributed by atoms with van der Waals surface area (Å²) in [5, 5.41) is 8.98. The van der Waals surface area contributed by atoms with E-state index in [0.29, 0.717) is 9.80 Å². The van der Waals surface area contributed by atoms with Crippen LogP contribution in [-0.4, -0.2) is 39.9 Å². The van der Waals surface area contributed by atoms with E-state index in [-0.39, 0.29) is 23.7 Å². The number of hydrogen-bond acceptors (Lipinski definition) is 7. The summed E-state index contributed by atoms with van der Waals surface area (Å²) in [5.74, 6) is -2.52. The second-order valence-corrected chi connectivity index (χ2v) is 9.78.